The molecule has 0 saturated carbocycles. The number of carbonyl (C=O) groups excluding carboxylic acids is 3. The first-order chi connectivity index (χ1) is 26.0. The van der Waals surface area contributed by atoms with Crippen LogP contribution in [0.1, 0.15) is 252 Å². The van der Waals surface area contributed by atoms with Crippen molar-refractivity contribution in [2.45, 2.75) is 258 Å². The van der Waals surface area contributed by atoms with Crippen LogP contribution in [-0.4, -0.2) is 37.2 Å². The fraction of sp³-hybridized carbons (Fsp3) is 0.894. The van der Waals surface area contributed by atoms with Gasteiger partial charge in [0, 0.05) is 19.3 Å². The van der Waals surface area contributed by atoms with E-state index < -0.39 is 6.10 Å². The van der Waals surface area contributed by atoms with Gasteiger partial charge >= 0.3 is 17.9 Å². The molecule has 0 spiro atoms. The number of esters is 3. The van der Waals surface area contributed by atoms with Gasteiger partial charge in [0.2, 0.25) is 0 Å². The molecule has 0 saturated heterocycles. The molecule has 6 nitrogen and oxygen atoms in total. The molecule has 6 heteroatoms. The quantitative estimate of drug-likeness (QED) is 0.0268. The summed E-state index contributed by atoms with van der Waals surface area (Å²) in [7, 11) is 0. The van der Waals surface area contributed by atoms with Gasteiger partial charge in [-0.2, -0.15) is 0 Å². The maximum Gasteiger partial charge on any atom is 0.306 e. The van der Waals surface area contributed by atoms with Crippen molar-refractivity contribution in [2.24, 2.45) is 0 Å². The van der Waals surface area contributed by atoms with Crippen molar-refractivity contribution in [1.82, 2.24) is 0 Å². The van der Waals surface area contributed by atoms with Crippen molar-refractivity contribution >= 4 is 17.9 Å². The van der Waals surface area contributed by atoms with E-state index in [0.717, 1.165) is 64.2 Å². The molecule has 1 atom stereocenters. The average molecular weight is 749 g/mol. The molecule has 0 rings (SSSR count). The van der Waals surface area contributed by atoms with Crippen LogP contribution in [0.15, 0.2) is 12.2 Å². The zero-order chi connectivity index (χ0) is 38.7. The largest absolute Gasteiger partial charge is 0.462 e. The predicted molar refractivity (Wildman–Crippen MR) is 224 cm³/mol. The van der Waals surface area contributed by atoms with Gasteiger partial charge in [-0.1, -0.05) is 200 Å². The van der Waals surface area contributed by atoms with Crippen molar-refractivity contribution in [3.8, 4) is 0 Å². The van der Waals surface area contributed by atoms with E-state index in [0.29, 0.717) is 19.3 Å². The van der Waals surface area contributed by atoms with Gasteiger partial charge in [0.05, 0.1) is 0 Å². The van der Waals surface area contributed by atoms with E-state index in [1.807, 2.05) is 0 Å². The summed E-state index contributed by atoms with van der Waals surface area (Å²) in [5.74, 6) is -0.872. The predicted octanol–water partition coefficient (Wildman–Crippen LogP) is 14.6. The lowest BCUT2D eigenvalue weighted by Gasteiger charge is -2.18. The van der Waals surface area contributed by atoms with Gasteiger partial charge in [-0.3, -0.25) is 14.4 Å². The van der Waals surface area contributed by atoms with E-state index in [2.05, 4.69) is 32.9 Å². The Balaban J connectivity index is 4.31. The lowest BCUT2D eigenvalue weighted by Crippen LogP contribution is -2.30. The normalized spacial score (nSPS) is 12.0. The van der Waals surface area contributed by atoms with E-state index >= 15 is 0 Å². The molecule has 0 aromatic carbocycles. The van der Waals surface area contributed by atoms with E-state index in [1.54, 1.807) is 0 Å². The Morgan fingerprint density at radius 2 is 0.623 bits per heavy atom. The van der Waals surface area contributed by atoms with Crippen LogP contribution in [0.4, 0.5) is 0 Å². The summed E-state index contributed by atoms with van der Waals surface area (Å²) < 4.78 is 16.7. The number of allylic oxidation sites excluding steroid dienone is 2. The number of rotatable bonds is 42. The zero-order valence-corrected chi connectivity index (χ0v) is 35.6. The van der Waals surface area contributed by atoms with Gasteiger partial charge < -0.3 is 14.2 Å². The third-order valence-electron chi connectivity index (χ3n) is 10.3. The third kappa shape index (κ3) is 41.2. The second-order valence-corrected chi connectivity index (χ2v) is 15.7. The molecule has 0 radical (unpaired) electrons. The maximum absolute atomic E-state index is 12.7. The molecule has 0 aliphatic rings. The second kappa shape index (κ2) is 42.9. The van der Waals surface area contributed by atoms with Crippen LogP contribution in [0.2, 0.25) is 0 Å². The summed E-state index contributed by atoms with van der Waals surface area (Å²) in [5.41, 5.74) is 0. The van der Waals surface area contributed by atoms with Crippen molar-refractivity contribution in [1.29, 1.82) is 0 Å². The first-order valence-electron chi connectivity index (χ1n) is 23.2. The van der Waals surface area contributed by atoms with Gasteiger partial charge in [-0.05, 0) is 44.9 Å². The fourth-order valence-corrected chi connectivity index (χ4v) is 6.73. The van der Waals surface area contributed by atoms with Gasteiger partial charge in [0.1, 0.15) is 13.2 Å². The van der Waals surface area contributed by atoms with E-state index in [1.165, 1.54) is 148 Å². The zero-order valence-electron chi connectivity index (χ0n) is 35.6. The molecule has 0 fully saturated rings. The highest BCUT2D eigenvalue weighted by atomic mass is 16.6. The Hall–Kier alpha value is -1.85. The topological polar surface area (TPSA) is 78.9 Å². The molecular weight excluding hydrogens is 661 g/mol. The first-order valence-corrected chi connectivity index (χ1v) is 23.2. The monoisotopic (exact) mass is 749 g/mol. The number of carbonyl (C=O) groups is 3. The molecule has 0 unspecified atom stereocenters. The number of unbranched alkanes of at least 4 members (excludes halogenated alkanes) is 29. The highest BCUT2D eigenvalue weighted by Gasteiger charge is 2.19. The minimum Gasteiger partial charge on any atom is -0.462 e. The van der Waals surface area contributed by atoms with Gasteiger partial charge in [-0.15, -0.1) is 0 Å². The van der Waals surface area contributed by atoms with Crippen molar-refractivity contribution in [3.63, 3.8) is 0 Å². The minimum absolute atomic E-state index is 0.0684. The van der Waals surface area contributed by atoms with Gasteiger partial charge in [0.15, 0.2) is 6.10 Å². The van der Waals surface area contributed by atoms with Crippen LogP contribution in [0, 0.1) is 0 Å². The summed E-state index contributed by atoms with van der Waals surface area (Å²) in [4.78, 5) is 37.7. The molecule has 0 heterocycles. The molecule has 0 aromatic heterocycles. The van der Waals surface area contributed by atoms with Gasteiger partial charge in [0.25, 0.3) is 0 Å². The Bertz CT molecular complexity index is 824. The molecule has 0 bridgehead atoms. The molecule has 0 N–H and O–H groups in total. The Labute approximate surface area is 329 Å². The SMILES string of the molecule is CCCCCCCC/C=C\CCCCCCCC(=O)OC[C@@H](COC(=O)CCCCCCCCCCCC)OC(=O)CCCCCCCCCCCC. The lowest BCUT2D eigenvalue weighted by molar-refractivity contribution is -0.167. The van der Waals surface area contributed by atoms with Crippen LogP contribution < -0.4 is 0 Å². The standard InChI is InChI=1S/C47H88O6/c1-4-7-10-13-16-19-22-23-24-25-26-29-31-34-37-40-46(49)52-43-44(53-47(50)41-38-35-32-28-21-18-15-12-9-6-3)42-51-45(48)39-36-33-30-27-20-17-14-11-8-5-2/h23-24,44H,4-22,25-43H2,1-3H3/b24-23-/t44-/m1/s1. The molecule has 0 aliphatic carbocycles. The molecule has 0 aliphatic heterocycles. The number of hydrogen-bond acceptors (Lipinski definition) is 6. The van der Waals surface area contributed by atoms with E-state index in [-0.39, 0.29) is 31.1 Å². The summed E-state index contributed by atoms with van der Waals surface area (Å²) in [6.07, 6.45) is 44.8. The molecule has 0 aromatic rings. The fourth-order valence-electron chi connectivity index (χ4n) is 6.73. The number of ether oxygens (including phenoxy) is 3. The Morgan fingerprint density at radius 3 is 0.943 bits per heavy atom. The van der Waals surface area contributed by atoms with Crippen LogP contribution >= 0.6 is 0 Å². The van der Waals surface area contributed by atoms with Crippen LogP contribution in [-0.2, 0) is 28.6 Å². The summed E-state index contributed by atoms with van der Waals surface area (Å²) in [5, 5.41) is 0. The maximum atomic E-state index is 12.7. The molecular formula is C47H88O6. The summed E-state index contributed by atoms with van der Waals surface area (Å²) >= 11 is 0. The Kier molecular flexibility index (Phi) is 41.4. The van der Waals surface area contributed by atoms with Gasteiger partial charge in [-0.25, -0.2) is 0 Å². The first kappa shape index (κ1) is 51.1. The number of hydrogen-bond donors (Lipinski definition) is 0. The smallest absolute Gasteiger partial charge is 0.306 e. The highest BCUT2D eigenvalue weighted by molar-refractivity contribution is 5.71. The molecule has 0 amide bonds. The van der Waals surface area contributed by atoms with E-state index in [4.69, 9.17) is 14.2 Å². The lowest BCUT2D eigenvalue weighted by atomic mass is 10.1. The average Bonchev–Trinajstić information content (AvgIpc) is 3.15. The van der Waals surface area contributed by atoms with Crippen LogP contribution in [0.3, 0.4) is 0 Å². The Morgan fingerprint density at radius 1 is 0.358 bits per heavy atom. The second-order valence-electron chi connectivity index (χ2n) is 15.7. The summed E-state index contributed by atoms with van der Waals surface area (Å²) in [6.45, 7) is 6.61. The van der Waals surface area contributed by atoms with Crippen LogP contribution in [0.5, 0.6) is 0 Å². The van der Waals surface area contributed by atoms with Crippen molar-refractivity contribution in [2.75, 3.05) is 13.2 Å². The van der Waals surface area contributed by atoms with Crippen molar-refractivity contribution in [3.05, 3.63) is 12.2 Å². The van der Waals surface area contributed by atoms with Crippen LogP contribution in [0.25, 0.3) is 0 Å². The van der Waals surface area contributed by atoms with E-state index in [9.17, 15) is 14.4 Å². The molecule has 53 heavy (non-hydrogen) atoms. The van der Waals surface area contributed by atoms with Crippen molar-refractivity contribution < 1.29 is 28.6 Å². The molecule has 312 valence electrons. The minimum atomic E-state index is -0.764. The third-order valence-corrected chi connectivity index (χ3v) is 10.3. The highest BCUT2D eigenvalue weighted by Crippen LogP contribution is 2.15. The summed E-state index contributed by atoms with van der Waals surface area (Å²) in [6, 6.07) is 0.